The molecule has 0 atom stereocenters. The summed E-state index contributed by atoms with van der Waals surface area (Å²) >= 11 is 0. The number of fused-ring (bicyclic) bond motifs is 2. The minimum Gasteiger partial charge on any atom is -0.487 e. The van der Waals surface area contributed by atoms with E-state index in [4.69, 9.17) is 32.8 Å². The predicted molar refractivity (Wildman–Crippen MR) is 232 cm³/mol. The Hall–Kier alpha value is -7.18. The van der Waals surface area contributed by atoms with Crippen molar-refractivity contribution in [2.45, 2.75) is 63.6 Å². The molecule has 318 valence electrons. The van der Waals surface area contributed by atoms with Gasteiger partial charge < -0.3 is 52.2 Å². The van der Waals surface area contributed by atoms with Gasteiger partial charge in [0.15, 0.2) is 34.8 Å². The molecule has 2 aliphatic carbocycles. The number of carbonyl (C=O) groups excluding carboxylic acids is 2. The van der Waals surface area contributed by atoms with Crippen LogP contribution < -0.4 is 54.3 Å². The monoisotopic (exact) mass is 834 g/mol. The number of ether oxygens (including phenoxy) is 2. The highest BCUT2D eigenvalue weighted by atomic mass is 19.1. The van der Waals surface area contributed by atoms with Gasteiger partial charge in [-0.25, -0.2) is 20.5 Å². The van der Waals surface area contributed by atoms with Crippen LogP contribution in [0.15, 0.2) is 95.4 Å². The molecule has 2 saturated carbocycles. The van der Waals surface area contributed by atoms with E-state index >= 15 is 0 Å². The lowest BCUT2D eigenvalue weighted by atomic mass is 10.1. The predicted octanol–water partition coefficient (Wildman–Crippen LogP) is 5.94. The number of aromatic amines is 1. The maximum atomic E-state index is 14.5. The van der Waals surface area contributed by atoms with Gasteiger partial charge in [0.1, 0.15) is 0 Å². The molecule has 2 aromatic heterocycles. The zero-order valence-electron chi connectivity index (χ0n) is 33.4. The zero-order valence-corrected chi connectivity index (χ0v) is 33.4. The lowest BCUT2D eigenvalue weighted by molar-refractivity contribution is 0.102. The van der Waals surface area contributed by atoms with Gasteiger partial charge in [0.25, 0.3) is 11.8 Å². The summed E-state index contributed by atoms with van der Waals surface area (Å²) in [6.45, 7) is 0. The molecule has 2 fully saturated rings. The first kappa shape index (κ1) is 42.0. The maximum Gasteiger partial charge on any atom is 0.257 e. The molecule has 0 unspecified atom stereocenters. The Morgan fingerprint density at radius 1 is 0.689 bits per heavy atom. The number of hydrazine groups is 2. The van der Waals surface area contributed by atoms with Gasteiger partial charge >= 0.3 is 0 Å². The van der Waals surface area contributed by atoms with Crippen LogP contribution in [0, 0.1) is 11.6 Å². The molecule has 0 bridgehead atoms. The maximum absolute atomic E-state index is 14.5. The van der Waals surface area contributed by atoms with Crippen molar-refractivity contribution in [2.75, 3.05) is 10.6 Å². The largest absolute Gasteiger partial charge is 0.487 e. The van der Waals surface area contributed by atoms with E-state index in [0.717, 1.165) is 62.3 Å². The number of carbonyl (C=O) groups is 2. The molecule has 0 radical (unpaired) electrons. The van der Waals surface area contributed by atoms with E-state index in [-0.39, 0.29) is 35.5 Å². The minimum atomic E-state index is -0.494. The Balaban J connectivity index is 0.000000184. The fraction of sp³-hybridized carbons (Fsp3) is 0.256. The molecule has 13 N–H and O–H groups in total. The van der Waals surface area contributed by atoms with Gasteiger partial charge in [-0.15, -0.1) is 0 Å². The highest BCUT2D eigenvalue weighted by molar-refractivity contribution is 6.15. The van der Waals surface area contributed by atoms with Crippen molar-refractivity contribution in [1.82, 2.24) is 20.4 Å². The molecule has 2 heterocycles. The number of rotatable bonds is 10. The second-order valence-corrected chi connectivity index (χ2v) is 14.8. The highest BCUT2D eigenvalue weighted by Crippen LogP contribution is 2.30. The van der Waals surface area contributed by atoms with Crippen molar-refractivity contribution in [2.24, 2.45) is 40.6 Å². The smallest absolute Gasteiger partial charge is 0.257 e. The summed E-state index contributed by atoms with van der Waals surface area (Å²) in [6.07, 6.45) is 11.6. The minimum absolute atomic E-state index is 0.0646. The van der Waals surface area contributed by atoms with Crippen LogP contribution >= 0.6 is 0 Å². The van der Waals surface area contributed by atoms with Gasteiger partial charge in [-0.05, 0) is 87.8 Å². The van der Waals surface area contributed by atoms with Crippen molar-refractivity contribution in [1.29, 1.82) is 0 Å². The topological polar surface area (TPSA) is 250 Å². The lowest BCUT2D eigenvalue weighted by Crippen LogP contribution is -2.32. The fourth-order valence-corrected chi connectivity index (χ4v) is 7.68. The number of nitrogens with one attached hydrogen (secondary N) is 5. The van der Waals surface area contributed by atoms with Gasteiger partial charge in [-0.2, -0.15) is 10.2 Å². The van der Waals surface area contributed by atoms with E-state index in [1.165, 1.54) is 12.1 Å². The van der Waals surface area contributed by atoms with Gasteiger partial charge in [-0.3, -0.25) is 9.59 Å². The first-order chi connectivity index (χ1) is 29.6. The second-order valence-electron chi connectivity index (χ2n) is 14.8. The Bertz CT molecular complexity index is 2610. The molecule has 6 aromatic rings. The summed E-state index contributed by atoms with van der Waals surface area (Å²) < 4.78 is 42.2. The standard InChI is InChI=1S/C22H25FN6O2.C21H23FN6O2/c1-29-12-17(16-8-6-13(10-19(16)29)21(27-24)28-25)22(30)26-14-7-9-20(18(23)11-14)31-15-4-2-3-5-15;22-17-10-13(6-8-19(17)30-14-3-1-2-4-14)26-21(29)16-11-25-18-9-12(5-7-15(16)18)20(27-23)28-24/h6-12,15H,2-5,24-25H2,1H3,(H,26,30)(H,27,28);5-11,14,25H,1-4,23-24H2,(H,26,29)(H,27,28). The van der Waals surface area contributed by atoms with E-state index in [9.17, 15) is 18.4 Å². The van der Waals surface area contributed by atoms with Crippen LogP contribution in [0.25, 0.3) is 21.8 Å². The summed E-state index contributed by atoms with van der Waals surface area (Å²) in [5.74, 6) is 20.8. The average molecular weight is 835 g/mol. The Labute approximate surface area is 349 Å². The molecule has 0 aliphatic heterocycles. The number of halogens is 2. The second kappa shape index (κ2) is 18.8. The number of benzene rings is 4. The summed E-state index contributed by atoms with van der Waals surface area (Å²) in [5.41, 5.74) is 9.31. The number of nitrogens with zero attached hydrogens (tertiary/aromatic N) is 3. The third-order valence-corrected chi connectivity index (χ3v) is 10.8. The molecule has 8 rings (SSSR count). The van der Waals surface area contributed by atoms with Crippen LogP contribution in [-0.2, 0) is 7.05 Å². The third kappa shape index (κ3) is 9.50. The third-order valence-electron chi connectivity index (χ3n) is 10.8. The molecular formula is C43H48F2N12O4. The van der Waals surface area contributed by atoms with E-state index in [0.29, 0.717) is 56.2 Å². The summed E-state index contributed by atoms with van der Waals surface area (Å²) in [6, 6.07) is 19.6. The summed E-state index contributed by atoms with van der Waals surface area (Å²) in [4.78, 5) is 28.7. The molecule has 16 nitrogen and oxygen atoms in total. The molecule has 61 heavy (non-hydrogen) atoms. The van der Waals surface area contributed by atoms with Crippen molar-refractivity contribution < 1.29 is 27.8 Å². The van der Waals surface area contributed by atoms with E-state index in [1.807, 2.05) is 17.7 Å². The summed E-state index contributed by atoms with van der Waals surface area (Å²) in [5, 5.41) is 14.1. The quantitative estimate of drug-likeness (QED) is 0.0340. The Morgan fingerprint density at radius 2 is 1.18 bits per heavy atom. The number of H-pyrrole nitrogens is 1. The number of hydrazone groups is 2. The van der Waals surface area contributed by atoms with Gasteiger partial charge in [0.05, 0.1) is 23.3 Å². The number of anilines is 2. The van der Waals surface area contributed by atoms with E-state index < -0.39 is 11.6 Å². The zero-order chi connectivity index (χ0) is 43.0. The number of hydrogen-bond donors (Lipinski definition) is 9. The van der Waals surface area contributed by atoms with Gasteiger partial charge in [-0.1, -0.05) is 24.3 Å². The molecule has 2 amide bonds. The van der Waals surface area contributed by atoms with Crippen molar-refractivity contribution >= 4 is 56.7 Å². The van der Waals surface area contributed by atoms with Crippen molar-refractivity contribution in [3.8, 4) is 11.5 Å². The number of amidine groups is 2. The van der Waals surface area contributed by atoms with Gasteiger partial charge in [0, 0.05) is 75.9 Å². The van der Waals surface area contributed by atoms with Crippen LogP contribution in [-0.4, -0.2) is 45.2 Å². The number of aryl methyl sites for hydroxylation is 1. The van der Waals surface area contributed by atoms with Crippen molar-refractivity contribution in [3.05, 3.63) is 119 Å². The van der Waals surface area contributed by atoms with Crippen molar-refractivity contribution in [3.63, 3.8) is 0 Å². The van der Waals surface area contributed by atoms with E-state index in [2.05, 4.69) is 36.7 Å². The number of nitrogens with two attached hydrogens (primary N) is 4. The van der Waals surface area contributed by atoms with Crippen LogP contribution in [0.2, 0.25) is 0 Å². The Morgan fingerprint density at radius 3 is 1.67 bits per heavy atom. The first-order valence-electron chi connectivity index (χ1n) is 19.8. The number of aromatic nitrogens is 2. The number of hydrogen-bond acceptors (Lipinski definition) is 10. The van der Waals surface area contributed by atoms with Gasteiger partial charge in [0.2, 0.25) is 0 Å². The highest BCUT2D eigenvalue weighted by Gasteiger charge is 2.21. The fourth-order valence-electron chi connectivity index (χ4n) is 7.68. The van der Waals surface area contributed by atoms with E-state index in [1.54, 1.807) is 67.0 Å². The van der Waals surface area contributed by atoms with Crippen LogP contribution in [0.4, 0.5) is 20.2 Å². The average Bonchev–Trinajstić information content (AvgIpc) is 4.10. The molecular weight excluding hydrogens is 787 g/mol. The summed E-state index contributed by atoms with van der Waals surface area (Å²) in [7, 11) is 1.83. The number of amides is 2. The molecule has 18 heteroatoms. The normalized spacial score (nSPS) is 14.8. The van der Waals surface area contributed by atoms with Crippen LogP contribution in [0.5, 0.6) is 11.5 Å². The Kier molecular flexibility index (Phi) is 12.9. The van der Waals surface area contributed by atoms with Crippen LogP contribution in [0.1, 0.15) is 83.2 Å². The molecule has 2 aliphatic rings. The van der Waals surface area contributed by atoms with Crippen LogP contribution in [0.3, 0.4) is 0 Å². The first-order valence-corrected chi connectivity index (χ1v) is 19.8. The SMILES string of the molecule is Cn1cc(C(=O)Nc2ccc(OC3CCCC3)c(F)c2)c2ccc(/C(=N/N)NN)cc21.N/N=C(\NN)c1ccc2c(C(=O)Nc3ccc(OC4CCCC4)c(F)c3)c[nH]c2c1. The molecule has 0 saturated heterocycles. The lowest BCUT2D eigenvalue weighted by Gasteiger charge is -2.14. The molecule has 4 aromatic carbocycles. The molecule has 0 spiro atoms.